The van der Waals surface area contributed by atoms with Crippen molar-refractivity contribution in [3.8, 4) is 5.69 Å². The number of ether oxygens (including phenoxy) is 1. The lowest BCUT2D eigenvalue weighted by molar-refractivity contribution is 0.0502. The van der Waals surface area contributed by atoms with E-state index in [-0.39, 0.29) is 30.1 Å². The predicted octanol–water partition coefficient (Wildman–Crippen LogP) is 4.08. The van der Waals surface area contributed by atoms with Gasteiger partial charge < -0.3 is 9.64 Å². The highest BCUT2D eigenvalue weighted by Gasteiger charge is 2.27. The number of benzene rings is 2. The smallest absolute Gasteiger partial charge is 0.276 e. The molecule has 0 aliphatic carbocycles. The normalized spacial score (nSPS) is 15.8. The lowest BCUT2D eigenvalue weighted by Gasteiger charge is -2.25. The molecule has 0 saturated carbocycles. The minimum atomic E-state index is -0.330. The molecule has 0 radical (unpaired) electrons. The second-order valence-corrected chi connectivity index (χ2v) is 8.23. The zero-order valence-corrected chi connectivity index (χ0v) is 18.3. The standard InChI is InChI=1S/C25H24FN5O2/c1-17-24(28-29-31(17)23-11-3-10-22-21(23)9-4-12-27-22)25(32)30(16-20-8-5-13-33-20)15-18-6-2-7-19(26)14-18/h2-4,6-7,9-12,14,20H,5,8,13,15-16H2,1H3. The van der Waals surface area contributed by atoms with Crippen LogP contribution in [0, 0.1) is 12.7 Å². The van der Waals surface area contributed by atoms with Crippen LogP contribution in [0.5, 0.6) is 0 Å². The van der Waals surface area contributed by atoms with Crippen LogP contribution in [0.1, 0.15) is 34.6 Å². The molecule has 0 N–H and O–H groups in total. The van der Waals surface area contributed by atoms with Gasteiger partial charge in [-0.1, -0.05) is 23.4 Å². The molecule has 1 atom stereocenters. The zero-order chi connectivity index (χ0) is 22.8. The highest BCUT2D eigenvalue weighted by molar-refractivity contribution is 5.94. The Kier molecular flexibility index (Phi) is 5.83. The van der Waals surface area contributed by atoms with Crippen molar-refractivity contribution >= 4 is 16.8 Å². The van der Waals surface area contributed by atoms with Gasteiger partial charge in [0.05, 0.1) is 23.0 Å². The average Bonchev–Trinajstić information content (AvgIpc) is 3.47. The van der Waals surface area contributed by atoms with Crippen LogP contribution < -0.4 is 0 Å². The van der Waals surface area contributed by atoms with E-state index >= 15 is 0 Å². The third-order valence-electron chi connectivity index (χ3n) is 5.95. The Morgan fingerprint density at radius 1 is 1.21 bits per heavy atom. The van der Waals surface area contributed by atoms with Crippen LogP contribution in [-0.2, 0) is 11.3 Å². The van der Waals surface area contributed by atoms with Crippen LogP contribution in [0.25, 0.3) is 16.6 Å². The summed E-state index contributed by atoms with van der Waals surface area (Å²) < 4.78 is 21.2. The average molecular weight is 445 g/mol. The quantitative estimate of drug-likeness (QED) is 0.447. The Hall–Kier alpha value is -3.65. The first-order valence-electron chi connectivity index (χ1n) is 11.0. The number of carbonyl (C=O) groups is 1. The Morgan fingerprint density at radius 2 is 2.09 bits per heavy atom. The van der Waals surface area contributed by atoms with Crippen molar-refractivity contribution in [1.29, 1.82) is 0 Å². The summed E-state index contributed by atoms with van der Waals surface area (Å²) in [4.78, 5) is 19.7. The Morgan fingerprint density at radius 3 is 2.91 bits per heavy atom. The van der Waals surface area contributed by atoms with E-state index in [2.05, 4.69) is 15.3 Å². The molecule has 168 valence electrons. The third-order valence-corrected chi connectivity index (χ3v) is 5.95. The lowest BCUT2D eigenvalue weighted by Crippen LogP contribution is -2.37. The van der Waals surface area contributed by atoms with Crippen LogP contribution >= 0.6 is 0 Å². The van der Waals surface area contributed by atoms with Gasteiger partial charge in [0.2, 0.25) is 0 Å². The topological polar surface area (TPSA) is 73.1 Å². The molecule has 5 rings (SSSR count). The monoisotopic (exact) mass is 445 g/mol. The number of halogens is 1. The van der Waals surface area contributed by atoms with Crippen LogP contribution in [0.2, 0.25) is 0 Å². The molecule has 1 saturated heterocycles. The van der Waals surface area contributed by atoms with Gasteiger partial charge >= 0.3 is 0 Å². The fourth-order valence-electron chi connectivity index (χ4n) is 4.29. The third kappa shape index (κ3) is 4.34. The SMILES string of the molecule is Cc1c(C(=O)N(Cc2cccc(F)c2)CC2CCCO2)nnn1-c1cccc2ncccc12. The lowest BCUT2D eigenvalue weighted by atomic mass is 10.1. The maximum atomic E-state index is 13.8. The number of hydrogen-bond donors (Lipinski definition) is 0. The highest BCUT2D eigenvalue weighted by atomic mass is 19.1. The molecule has 1 aliphatic heterocycles. The molecule has 2 aromatic carbocycles. The Balaban J connectivity index is 1.48. The van der Waals surface area contributed by atoms with E-state index in [0.29, 0.717) is 24.4 Å². The largest absolute Gasteiger partial charge is 0.376 e. The van der Waals surface area contributed by atoms with Gasteiger partial charge in [-0.05, 0) is 61.7 Å². The maximum Gasteiger partial charge on any atom is 0.276 e. The second kappa shape index (κ2) is 9.07. The molecule has 0 bridgehead atoms. The van der Waals surface area contributed by atoms with E-state index in [4.69, 9.17) is 4.74 Å². The van der Waals surface area contributed by atoms with Crippen molar-refractivity contribution < 1.29 is 13.9 Å². The molecule has 4 aromatic rings. The Labute approximate surface area is 190 Å². The first-order valence-corrected chi connectivity index (χ1v) is 11.0. The van der Waals surface area contributed by atoms with Gasteiger partial charge in [0.15, 0.2) is 5.69 Å². The summed E-state index contributed by atoms with van der Waals surface area (Å²) in [5.74, 6) is -0.583. The van der Waals surface area contributed by atoms with Crippen molar-refractivity contribution in [1.82, 2.24) is 24.9 Å². The maximum absolute atomic E-state index is 13.8. The molecule has 1 fully saturated rings. The number of fused-ring (bicyclic) bond motifs is 1. The van der Waals surface area contributed by atoms with E-state index in [9.17, 15) is 9.18 Å². The van der Waals surface area contributed by atoms with E-state index in [1.54, 1.807) is 21.8 Å². The van der Waals surface area contributed by atoms with Crippen molar-refractivity contribution in [2.75, 3.05) is 13.2 Å². The molecular weight excluding hydrogens is 421 g/mol. The summed E-state index contributed by atoms with van der Waals surface area (Å²) in [6.07, 6.45) is 3.56. The molecule has 1 amide bonds. The fraction of sp³-hybridized carbons (Fsp3) is 0.280. The predicted molar refractivity (Wildman–Crippen MR) is 122 cm³/mol. The molecule has 0 spiro atoms. The molecule has 1 unspecified atom stereocenters. The summed E-state index contributed by atoms with van der Waals surface area (Å²) in [6.45, 7) is 3.20. The van der Waals surface area contributed by atoms with E-state index in [1.807, 2.05) is 43.3 Å². The number of aromatic nitrogens is 4. The molecule has 3 heterocycles. The molecular formula is C25H24FN5O2. The summed E-state index contributed by atoms with van der Waals surface area (Å²) in [5.41, 5.74) is 3.26. The molecule has 33 heavy (non-hydrogen) atoms. The van der Waals surface area contributed by atoms with Gasteiger partial charge in [0.25, 0.3) is 5.91 Å². The first-order chi connectivity index (χ1) is 16.1. The van der Waals surface area contributed by atoms with Crippen molar-refractivity contribution in [3.05, 3.63) is 83.6 Å². The summed E-state index contributed by atoms with van der Waals surface area (Å²) >= 11 is 0. The number of rotatable bonds is 6. The minimum Gasteiger partial charge on any atom is -0.376 e. The summed E-state index contributed by atoms with van der Waals surface area (Å²) in [7, 11) is 0. The minimum absolute atomic E-state index is 0.0398. The van der Waals surface area contributed by atoms with E-state index < -0.39 is 0 Å². The summed E-state index contributed by atoms with van der Waals surface area (Å²) in [5, 5.41) is 9.45. The number of nitrogens with zero attached hydrogens (tertiary/aromatic N) is 5. The Bertz CT molecular complexity index is 1290. The molecule has 1 aliphatic rings. The number of amides is 1. The van der Waals surface area contributed by atoms with Crippen LogP contribution in [0.15, 0.2) is 60.8 Å². The van der Waals surface area contributed by atoms with Gasteiger partial charge in [0, 0.05) is 31.3 Å². The van der Waals surface area contributed by atoms with E-state index in [0.717, 1.165) is 29.4 Å². The number of carbonyl (C=O) groups excluding carboxylic acids is 1. The van der Waals surface area contributed by atoms with Gasteiger partial charge in [0.1, 0.15) is 5.82 Å². The van der Waals surface area contributed by atoms with Crippen molar-refractivity contribution in [3.63, 3.8) is 0 Å². The van der Waals surface area contributed by atoms with Crippen molar-refractivity contribution in [2.45, 2.75) is 32.4 Å². The molecule has 8 heteroatoms. The van der Waals surface area contributed by atoms with Gasteiger partial charge in [-0.2, -0.15) is 0 Å². The molecule has 2 aromatic heterocycles. The van der Waals surface area contributed by atoms with Crippen molar-refractivity contribution in [2.24, 2.45) is 0 Å². The number of hydrogen-bond acceptors (Lipinski definition) is 5. The zero-order valence-electron chi connectivity index (χ0n) is 18.3. The first kappa shape index (κ1) is 21.2. The fourth-order valence-corrected chi connectivity index (χ4v) is 4.29. The van der Waals surface area contributed by atoms with Crippen LogP contribution in [0.3, 0.4) is 0 Å². The van der Waals surface area contributed by atoms with Crippen LogP contribution in [0.4, 0.5) is 4.39 Å². The molecule has 7 nitrogen and oxygen atoms in total. The van der Waals surface area contributed by atoms with Gasteiger partial charge in [-0.3, -0.25) is 9.78 Å². The highest BCUT2D eigenvalue weighted by Crippen LogP contribution is 2.23. The van der Waals surface area contributed by atoms with Crippen LogP contribution in [-0.4, -0.2) is 50.0 Å². The van der Waals surface area contributed by atoms with E-state index in [1.165, 1.54) is 12.1 Å². The second-order valence-electron chi connectivity index (χ2n) is 8.23. The number of pyridine rings is 1. The van der Waals surface area contributed by atoms with Gasteiger partial charge in [-0.15, -0.1) is 5.10 Å². The summed E-state index contributed by atoms with van der Waals surface area (Å²) in [6, 6.07) is 15.9. The van der Waals surface area contributed by atoms with Gasteiger partial charge in [-0.25, -0.2) is 9.07 Å².